The van der Waals surface area contributed by atoms with E-state index in [1.807, 2.05) is 0 Å². The van der Waals surface area contributed by atoms with E-state index in [2.05, 4.69) is 0 Å². The van der Waals surface area contributed by atoms with E-state index >= 15 is 0 Å². The predicted octanol–water partition coefficient (Wildman–Crippen LogP) is 4.61. The fourth-order valence-electron chi connectivity index (χ4n) is 2.63. The molecule has 0 bridgehead atoms. The summed E-state index contributed by atoms with van der Waals surface area (Å²) >= 11 is 12.5. The molecule has 2 saturated heterocycles. The van der Waals surface area contributed by atoms with Gasteiger partial charge in [0.1, 0.15) is 11.6 Å². The van der Waals surface area contributed by atoms with E-state index in [0.29, 0.717) is 11.4 Å². The van der Waals surface area contributed by atoms with Crippen LogP contribution >= 0.6 is 48.0 Å². The predicted molar refractivity (Wildman–Crippen MR) is 115 cm³/mol. The van der Waals surface area contributed by atoms with Crippen molar-refractivity contribution in [3.63, 3.8) is 0 Å². The van der Waals surface area contributed by atoms with Crippen LogP contribution in [0.3, 0.4) is 0 Å². The van der Waals surface area contributed by atoms with Crippen molar-refractivity contribution in [2.24, 2.45) is 0 Å². The minimum Gasteiger partial charge on any atom is -0.268 e. The molecule has 2 amide bonds. The van der Waals surface area contributed by atoms with Gasteiger partial charge in [-0.25, -0.2) is 8.78 Å². The normalized spacial score (nSPS) is 19.9. The van der Waals surface area contributed by atoms with Gasteiger partial charge in [-0.1, -0.05) is 48.0 Å². The van der Waals surface area contributed by atoms with Gasteiger partial charge < -0.3 is 0 Å². The number of thioether (sulfide) groups is 2. The summed E-state index contributed by atoms with van der Waals surface area (Å²) in [6.45, 7) is 0. The van der Waals surface area contributed by atoms with Crippen molar-refractivity contribution in [1.29, 1.82) is 0 Å². The van der Waals surface area contributed by atoms with E-state index in [9.17, 15) is 18.4 Å². The van der Waals surface area contributed by atoms with Gasteiger partial charge in [-0.3, -0.25) is 19.4 Å². The van der Waals surface area contributed by atoms with Gasteiger partial charge in [0.05, 0.1) is 21.2 Å². The fraction of sp³-hybridized carbons (Fsp3) is 0. The zero-order valence-corrected chi connectivity index (χ0v) is 17.0. The maximum atomic E-state index is 13.2. The monoisotopic (exact) mass is 450 g/mol. The number of hydrogen-bond acceptors (Lipinski definition) is 6. The number of rotatable bonds is 2. The Bertz CT molecular complexity index is 982. The molecule has 0 radical (unpaired) electrons. The molecule has 2 aliphatic heterocycles. The minimum atomic E-state index is -0.471. The molecule has 4 rings (SSSR count). The molecule has 0 spiro atoms. The summed E-state index contributed by atoms with van der Waals surface area (Å²) in [5.41, 5.74) is 0.820. The highest BCUT2D eigenvalue weighted by Gasteiger charge is 2.43. The van der Waals surface area contributed by atoms with E-state index in [1.165, 1.54) is 58.3 Å². The SMILES string of the molecule is O=C1/C(=C2\SC(=S)N(c3ccc(F)cc3)C2=O)SC(=S)N1c1ccc(F)cc1. The molecular weight excluding hydrogens is 442 g/mol. The lowest BCUT2D eigenvalue weighted by molar-refractivity contribution is -0.115. The lowest BCUT2D eigenvalue weighted by Gasteiger charge is -2.14. The molecule has 0 aromatic heterocycles. The number of nitrogens with zero attached hydrogens (tertiary/aromatic N) is 2. The summed E-state index contributed by atoms with van der Waals surface area (Å²) in [7, 11) is 0. The molecule has 0 saturated carbocycles. The Morgan fingerprint density at radius 3 is 1.29 bits per heavy atom. The van der Waals surface area contributed by atoms with E-state index < -0.39 is 23.4 Å². The van der Waals surface area contributed by atoms with Crippen LogP contribution in [0.2, 0.25) is 0 Å². The Labute approximate surface area is 177 Å². The minimum absolute atomic E-state index is 0.163. The van der Waals surface area contributed by atoms with Crippen LogP contribution in [0.15, 0.2) is 58.3 Å². The molecule has 0 atom stereocenters. The van der Waals surface area contributed by atoms with Crippen LogP contribution in [0.25, 0.3) is 0 Å². The third kappa shape index (κ3) is 3.26. The van der Waals surface area contributed by atoms with Crippen LogP contribution in [0, 0.1) is 11.6 Å². The highest BCUT2D eigenvalue weighted by molar-refractivity contribution is 8.30. The second-order valence-corrected chi connectivity index (χ2v) is 8.92. The van der Waals surface area contributed by atoms with Crippen LogP contribution in [-0.4, -0.2) is 20.5 Å². The largest absolute Gasteiger partial charge is 0.272 e. The molecule has 0 unspecified atom stereocenters. The molecule has 0 aliphatic carbocycles. The standard InChI is InChI=1S/C18H8F2N2O2S4/c19-9-1-5-11(6-2-9)21-15(23)13(27-17(21)25)14-16(24)22(18(26)28-14)12-7-3-10(20)4-8-12/h1-8H/b14-13+. The molecule has 140 valence electrons. The van der Waals surface area contributed by atoms with E-state index in [4.69, 9.17) is 24.4 Å². The Morgan fingerprint density at radius 1 is 0.643 bits per heavy atom. The molecule has 10 heteroatoms. The van der Waals surface area contributed by atoms with Gasteiger partial charge in [-0.05, 0) is 48.5 Å². The van der Waals surface area contributed by atoms with Crippen molar-refractivity contribution in [1.82, 2.24) is 0 Å². The number of anilines is 2. The summed E-state index contributed by atoms with van der Waals surface area (Å²) < 4.78 is 26.8. The van der Waals surface area contributed by atoms with Crippen LogP contribution in [-0.2, 0) is 9.59 Å². The van der Waals surface area contributed by atoms with Crippen LogP contribution in [0.1, 0.15) is 0 Å². The first-order valence-electron chi connectivity index (χ1n) is 7.75. The van der Waals surface area contributed by atoms with Gasteiger partial charge in [0.25, 0.3) is 11.8 Å². The lowest BCUT2D eigenvalue weighted by Crippen LogP contribution is -2.29. The van der Waals surface area contributed by atoms with Crippen LogP contribution < -0.4 is 9.80 Å². The average molecular weight is 451 g/mol. The van der Waals surface area contributed by atoms with Crippen molar-refractivity contribution in [3.05, 3.63) is 70.0 Å². The Kier molecular flexibility index (Phi) is 5.04. The molecule has 2 fully saturated rings. The van der Waals surface area contributed by atoms with Gasteiger partial charge in [0.2, 0.25) is 0 Å². The quantitative estimate of drug-likeness (QED) is 0.492. The number of thiocarbonyl (C=S) groups is 2. The zero-order chi connectivity index (χ0) is 20.0. The molecule has 0 N–H and O–H groups in total. The van der Waals surface area contributed by atoms with Crippen molar-refractivity contribution in [2.45, 2.75) is 0 Å². The fourth-order valence-corrected chi connectivity index (χ4v) is 5.39. The van der Waals surface area contributed by atoms with Crippen LogP contribution in [0.4, 0.5) is 20.2 Å². The molecule has 2 heterocycles. The molecular formula is C18H8F2N2O2S4. The number of amides is 2. The van der Waals surface area contributed by atoms with E-state index in [1.54, 1.807) is 0 Å². The summed E-state index contributed by atoms with van der Waals surface area (Å²) in [6, 6.07) is 10.6. The van der Waals surface area contributed by atoms with Gasteiger partial charge in [0, 0.05) is 0 Å². The maximum Gasteiger partial charge on any atom is 0.272 e. The third-order valence-electron chi connectivity index (χ3n) is 3.91. The second-order valence-electron chi connectivity index (χ2n) is 5.63. The Hall–Kier alpha value is -2.14. The van der Waals surface area contributed by atoms with Crippen LogP contribution in [0.5, 0.6) is 0 Å². The van der Waals surface area contributed by atoms with Crippen molar-refractivity contribution < 1.29 is 18.4 Å². The highest BCUT2D eigenvalue weighted by atomic mass is 32.2. The molecule has 2 aromatic rings. The van der Waals surface area contributed by atoms with Gasteiger partial charge in [-0.2, -0.15) is 0 Å². The first kappa shape index (κ1) is 19.2. The number of hydrogen-bond donors (Lipinski definition) is 0. The Morgan fingerprint density at radius 2 is 0.964 bits per heavy atom. The zero-order valence-electron chi connectivity index (χ0n) is 13.7. The van der Waals surface area contributed by atoms with Gasteiger partial charge in [-0.15, -0.1) is 0 Å². The first-order valence-corrected chi connectivity index (χ1v) is 10.2. The molecule has 2 aliphatic rings. The van der Waals surface area contributed by atoms with Crippen molar-refractivity contribution >= 4 is 79.8 Å². The van der Waals surface area contributed by atoms with Gasteiger partial charge in [0.15, 0.2) is 8.64 Å². The molecule has 28 heavy (non-hydrogen) atoms. The van der Waals surface area contributed by atoms with E-state index in [-0.39, 0.29) is 18.5 Å². The van der Waals surface area contributed by atoms with E-state index in [0.717, 1.165) is 23.5 Å². The summed E-state index contributed by atoms with van der Waals surface area (Å²) in [5.74, 6) is -1.81. The highest BCUT2D eigenvalue weighted by Crippen LogP contribution is 2.44. The summed E-state index contributed by atoms with van der Waals surface area (Å²) in [6.07, 6.45) is 0. The Balaban J connectivity index is 1.69. The van der Waals surface area contributed by atoms with Crippen molar-refractivity contribution in [2.75, 3.05) is 9.80 Å². The average Bonchev–Trinajstić information content (AvgIpc) is 3.12. The second kappa shape index (κ2) is 7.36. The molecule has 4 nitrogen and oxygen atoms in total. The molecule has 2 aromatic carbocycles. The maximum absolute atomic E-state index is 13.2. The van der Waals surface area contributed by atoms with Gasteiger partial charge >= 0.3 is 0 Å². The third-order valence-corrected chi connectivity index (χ3v) is 6.79. The smallest absolute Gasteiger partial charge is 0.268 e. The first-order chi connectivity index (χ1) is 13.4. The van der Waals surface area contributed by atoms with Crippen molar-refractivity contribution in [3.8, 4) is 0 Å². The number of carbonyl (C=O) groups is 2. The lowest BCUT2D eigenvalue weighted by atomic mass is 10.2. The summed E-state index contributed by atoms with van der Waals surface area (Å²) in [5, 5.41) is 0. The number of halogens is 2. The summed E-state index contributed by atoms with van der Waals surface area (Å²) in [4.78, 5) is 28.7. The number of carbonyl (C=O) groups excluding carboxylic acids is 2. The topological polar surface area (TPSA) is 40.6 Å². The number of benzene rings is 2.